The Morgan fingerprint density at radius 1 is 1.23 bits per heavy atom. The number of nitrogens with one attached hydrogen (secondary N) is 2. The van der Waals surface area contributed by atoms with Crippen LogP contribution in [-0.4, -0.2) is 40.3 Å². The fourth-order valence-corrected chi connectivity index (χ4v) is 3.97. The predicted octanol–water partition coefficient (Wildman–Crippen LogP) is 2.03. The van der Waals surface area contributed by atoms with Gasteiger partial charge in [-0.25, -0.2) is 0 Å². The number of para-hydroxylation sites is 1. The molecule has 3 N–H and O–H groups in total. The van der Waals surface area contributed by atoms with E-state index < -0.39 is 29.2 Å². The van der Waals surface area contributed by atoms with E-state index in [4.69, 9.17) is 0 Å². The number of alkyl halides is 2. The number of benzene rings is 2. The van der Waals surface area contributed by atoms with Gasteiger partial charge in [-0.15, -0.1) is 0 Å². The van der Waals surface area contributed by atoms with Crippen LogP contribution in [0.15, 0.2) is 42.5 Å². The molecule has 0 aromatic heterocycles. The number of phenolic OH excluding ortho intramolecular Hbond substituents is 1. The van der Waals surface area contributed by atoms with Crippen molar-refractivity contribution in [2.45, 2.75) is 37.9 Å². The highest BCUT2D eigenvalue weighted by atomic mass is 19.3. The van der Waals surface area contributed by atoms with Gasteiger partial charge < -0.3 is 20.6 Å². The Morgan fingerprint density at radius 2 is 2.00 bits per heavy atom. The summed E-state index contributed by atoms with van der Waals surface area (Å²) in [5.41, 5.74) is 0.923. The van der Waals surface area contributed by atoms with Gasteiger partial charge in [0.15, 0.2) is 0 Å². The third-order valence-electron chi connectivity index (χ3n) is 5.61. The number of carbonyl (C=O) groups is 3. The van der Waals surface area contributed by atoms with E-state index in [-0.39, 0.29) is 24.9 Å². The zero-order chi connectivity index (χ0) is 22.2. The van der Waals surface area contributed by atoms with E-state index in [1.54, 1.807) is 18.2 Å². The second kappa shape index (κ2) is 7.98. The summed E-state index contributed by atoms with van der Waals surface area (Å²) in [6.07, 6.45) is 1.38. The first-order chi connectivity index (χ1) is 14.8. The van der Waals surface area contributed by atoms with Crippen molar-refractivity contribution in [1.82, 2.24) is 15.5 Å². The maximum atomic E-state index is 14.4. The van der Waals surface area contributed by atoms with E-state index in [0.29, 0.717) is 29.7 Å². The summed E-state index contributed by atoms with van der Waals surface area (Å²) < 4.78 is 28.8. The van der Waals surface area contributed by atoms with Crippen molar-refractivity contribution in [3.8, 4) is 5.75 Å². The Bertz CT molecular complexity index is 1060. The molecule has 2 aliphatic heterocycles. The van der Waals surface area contributed by atoms with Gasteiger partial charge in [-0.2, -0.15) is 8.78 Å². The number of halogens is 2. The second-order valence-electron chi connectivity index (χ2n) is 7.65. The van der Waals surface area contributed by atoms with Crippen molar-refractivity contribution >= 4 is 17.7 Å². The molecule has 1 saturated heterocycles. The minimum Gasteiger partial charge on any atom is -0.507 e. The highest BCUT2D eigenvalue weighted by molar-refractivity contribution is 6.01. The lowest BCUT2D eigenvalue weighted by Gasteiger charge is -2.30. The molecule has 162 valence electrons. The van der Waals surface area contributed by atoms with Crippen LogP contribution in [0.5, 0.6) is 5.75 Å². The summed E-state index contributed by atoms with van der Waals surface area (Å²) >= 11 is 0. The molecule has 2 heterocycles. The van der Waals surface area contributed by atoms with E-state index in [9.17, 15) is 28.3 Å². The number of carbonyl (C=O) groups excluding carboxylic acids is 3. The molecule has 0 aliphatic carbocycles. The molecule has 31 heavy (non-hydrogen) atoms. The van der Waals surface area contributed by atoms with E-state index in [1.807, 2.05) is 0 Å². The van der Waals surface area contributed by atoms with Crippen LogP contribution >= 0.6 is 0 Å². The van der Waals surface area contributed by atoms with Gasteiger partial charge in [0.25, 0.3) is 11.8 Å². The van der Waals surface area contributed by atoms with Gasteiger partial charge >= 0.3 is 5.92 Å². The molecule has 1 unspecified atom stereocenters. The van der Waals surface area contributed by atoms with Crippen LogP contribution in [0.3, 0.4) is 0 Å². The summed E-state index contributed by atoms with van der Waals surface area (Å²) in [5.74, 6) is -6.51. The van der Waals surface area contributed by atoms with Crippen molar-refractivity contribution in [3.63, 3.8) is 0 Å². The first-order valence-electron chi connectivity index (χ1n) is 9.94. The van der Waals surface area contributed by atoms with Gasteiger partial charge in [0.1, 0.15) is 11.8 Å². The summed E-state index contributed by atoms with van der Waals surface area (Å²) in [7, 11) is 0. The van der Waals surface area contributed by atoms with E-state index >= 15 is 0 Å². The zero-order valence-corrected chi connectivity index (χ0v) is 16.5. The van der Waals surface area contributed by atoms with Crippen molar-refractivity contribution in [1.29, 1.82) is 0 Å². The van der Waals surface area contributed by atoms with Crippen molar-refractivity contribution in [2.24, 2.45) is 0 Å². The van der Waals surface area contributed by atoms with Crippen LogP contribution in [0.4, 0.5) is 8.78 Å². The summed E-state index contributed by atoms with van der Waals surface area (Å²) in [6.45, 7) is 0.676. The quantitative estimate of drug-likeness (QED) is 0.678. The molecule has 2 aromatic carbocycles. The number of phenols is 1. The van der Waals surface area contributed by atoms with E-state index in [2.05, 4.69) is 10.6 Å². The van der Waals surface area contributed by atoms with Crippen LogP contribution in [-0.2, 0) is 28.6 Å². The normalized spacial score (nSPS) is 18.5. The van der Waals surface area contributed by atoms with Gasteiger partial charge in [0.2, 0.25) is 5.91 Å². The summed E-state index contributed by atoms with van der Waals surface area (Å²) in [4.78, 5) is 38.4. The number of nitrogens with zero attached hydrogens (tertiary/aromatic N) is 1. The average Bonchev–Trinajstić information content (AvgIpc) is 3.08. The predicted molar refractivity (Wildman–Crippen MR) is 106 cm³/mol. The van der Waals surface area contributed by atoms with Gasteiger partial charge in [-0.1, -0.05) is 24.3 Å². The molecule has 9 heteroatoms. The van der Waals surface area contributed by atoms with Crippen molar-refractivity contribution in [2.75, 3.05) is 6.54 Å². The van der Waals surface area contributed by atoms with Gasteiger partial charge in [-0.3, -0.25) is 14.4 Å². The molecule has 1 atom stereocenters. The molecule has 4 rings (SSSR count). The number of hydrogen-bond acceptors (Lipinski definition) is 4. The van der Waals surface area contributed by atoms with Crippen molar-refractivity contribution in [3.05, 3.63) is 64.7 Å². The van der Waals surface area contributed by atoms with Crippen LogP contribution in [0.1, 0.15) is 39.9 Å². The van der Waals surface area contributed by atoms with Gasteiger partial charge in [0.05, 0.1) is 5.56 Å². The minimum absolute atomic E-state index is 0.173. The molecule has 2 aliphatic rings. The second-order valence-corrected chi connectivity index (χ2v) is 7.65. The van der Waals surface area contributed by atoms with Crippen LogP contribution in [0.2, 0.25) is 0 Å². The third kappa shape index (κ3) is 3.83. The monoisotopic (exact) mass is 429 g/mol. The SMILES string of the molecule is O=C1NCCCC1N1Cc2cc(CNC(=O)C(F)(F)c3ccccc3O)ccc2C1=O. The van der Waals surface area contributed by atoms with E-state index in [0.717, 1.165) is 18.6 Å². The number of hydrogen-bond donors (Lipinski definition) is 3. The van der Waals surface area contributed by atoms with Crippen LogP contribution < -0.4 is 10.6 Å². The molecule has 0 spiro atoms. The lowest BCUT2D eigenvalue weighted by Crippen LogP contribution is -2.50. The first kappa shape index (κ1) is 20.8. The Kier molecular flexibility index (Phi) is 5.34. The molecule has 0 radical (unpaired) electrons. The number of aromatic hydroxyl groups is 1. The average molecular weight is 429 g/mol. The molecular weight excluding hydrogens is 408 g/mol. The summed E-state index contributed by atoms with van der Waals surface area (Å²) in [5, 5.41) is 14.6. The Hall–Kier alpha value is -3.49. The molecule has 0 bridgehead atoms. The lowest BCUT2D eigenvalue weighted by atomic mass is 10.0. The fourth-order valence-electron chi connectivity index (χ4n) is 3.97. The number of amides is 3. The Labute approximate surface area is 177 Å². The van der Waals surface area contributed by atoms with Crippen LogP contribution in [0, 0.1) is 0 Å². The minimum atomic E-state index is -3.90. The number of fused-ring (bicyclic) bond motifs is 1. The number of rotatable bonds is 5. The maximum absolute atomic E-state index is 14.4. The Balaban J connectivity index is 1.45. The molecular formula is C22H21F2N3O4. The van der Waals surface area contributed by atoms with Crippen LogP contribution in [0.25, 0.3) is 0 Å². The highest BCUT2D eigenvalue weighted by Crippen LogP contribution is 2.34. The smallest absolute Gasteiger partial charge is 0.353 e. The lowest BCUT2D eigenvalue weighted by molar-refractivity contribution is -0.147. The number of piperidine rings is 1. The van der Waals surface area contributed by atoms with Crippen molar-refractivity contribution < 1.29 is 28.3 Å². The van der Waals surface area contributed by atoms with E-state index in [1.165, 1.54) is 17.0 Å². The molecule has 3 amide bonds. The topological polar surface area (TPSA) is 98.7 Å². The standard InChI is InChI=1S/C22H21F2N3O4/c23-22(24,16-4-1-2-6-18(16)28)21(31)26-11-13-7-8-15-14(10-13)12-27(20(15)30)17-5-3-9-25-19(17)29/h1-2,4,6-8,10,17,28H,3,5,9,11-12H2,(H,25,29)(H,26,31). The highest BCUT2D eigenvalue weighted by Gasteiger charge is 2.43. The maximum Gasteiger partial charge on any atom is 0.353 e. The fraction of sp³-hybridized carbons (Fsp3) is 0.318. The first-order valence-corrected chi connectivity index (χ1v) is 9.94. The Morgan fingerprint density at radius 3 is 2.74 bits per heavy atom. The zero-order valence-electron chi connectivity index (χ0n) is 16.5. The molecule has 7 nitrogen and oxygen atoms in total. The van der Waals surface area contributed by atoms with Gasteiger partial charge in [-0.05, 0) is 42.2 Å². The third-order valence-corrected chi connectivity index (χ3v) is 5.61. The largest absolute Gasteiger partial charge is 0.507 e. The summed E-state index contributed by atoms with van der Waals surface area (Å²) in [6, 6.07) is 9.10. The molecule has 1 fully saturated rings. The van der Waals surface area contributed by atoms with Gasteiger partial charge in [0, 0.05) is 25.2 Å². The molecule has 0 saturated carbocycles. The molecule has 2 aromatic rings.